The van der Waals surface area contributed by atoms with Crippen LogP contribution in [0.3, 0.4) is 0 Å². The number of aromatic hydroxyl groups is 1. The molecule has 0 bridgehead atoms. The van der Waals surface area contributed by atoms with Crippen molar-refractivity contribution < 1.29 is 29.0 Å². The van der Waals surface area contributed by atoms with Crippen LogP contribution in [0.25, 0.3) is 20.7 Å². The molecule has 2 aliphatic carbocycles. The van der Waals surface area contributed by atoms with Gasteiger partial charge in [0.1, 0.15) is 11.5 Å². The first-order chi connectivity index (χ1) is 29.7. The number of likely N-dealkylation sites (tertiary alicyclic amines) is 2. The van der Waals surface area contributed by atoms with E-state index in [-0.39, 0.29) is 47.6 Å². The summed E-state index contributed by atoms with van der Waals surface area (Å²) in [6.45, 7) is 6.22. The molecule has 11 nitrogen and oxygen atoms in total. The second-order valence-corrected chi connectivity index (χ2v) is 20.6. The van der Waals surface area contributed by atoms with E-state index in [1.807, 2.05) is 56.3 Å². The SMILES string of the molecule is COc1cc(C2C3=CCC4C(=O)N(C5CCN(Cc6ccccc6)CC5)C(=O)C4C3CC3C(=O)N(c4cc(-c5sc6ccc(Cl)cc6c5C)nn4C)C(=O)C32C)c(Br)c(Br)c1O. The Morgan fingerprint density at radius 2 is 1.71 bits per heavy atom. The number of aryl methyl sites for hydroxylation is 2. The predicted molar refractivity (Wildman–Crippen MR) is 245 cm³/mol. The van der Waals surface area contributed by atoms with E-state index >= 15 is 9.59 Å². The molecule has 4 fully saturated rings. The fraction of sp³-hybridized carbons (Fsp3) is 0.383. The highest BCUT2D eigenvalue weighted by Crippen LogP contribution is 2.65. The van der Waals surface area contributed by atoms with Crippen molar-refractivity contribution in [1.82, 2.24) is 19.6 Å². The molecule has 10 rings (SSSR count). The molecule has 4 amide bonds. The van der Waals surface area contributed by atoms with Crippen molar-refractivity contribution in [1.29, 1.82) is 0 Å². The Balaban J connectivity index is 1.02. The highest BCUT2D eigenvalue weighted by atomic mass is 79.9. The summed E-state index contributed by atoms with van der Waals surface area (Å²) >= 11 is 15.2. The monoisotopic (exact) mass is 999 g/mol. The van der Waals surface area contributed by atoms with Crippen LogP contribution in [0, 0.1) is 36.0 Å². The van der Waals surface area contributed by atoms with Gasteiger partial charge in [0.25, 0.3) is 0 Å². The van der Waals surface area contributed by atoms with E-state index in [1.165, 1.54) is 17.6 Å². The van der Waals surface area contributed by atoms with Gasteiger partial charge in [-0.1, -0.05) is 53.6 Å². The molecule has 0 radical (unpaired) electrons. The number of aromatic nitrogens is 2. The van der Waals surface area contributed by atoms with Gasteiger partial charge in [-0.05, 0) is 124 Å². The number of rotatable bonds is 7. The van der Waals surface area contributed by atoms with Crippen LogP contribution >= 0.6 is 54.8 Å². The number of hydrogen-bond donors (Lipinski definition) is 1. The normalized spacial score (nSPS) is 26.6. The molecule has 5 aromatic rings. The Kier molecular flexibility index (Phi) is 10.4. The maximum Gasteiger partial charge on any atom is 0.242 e. The summed E-state index contributed by atoms with van der Waals surface area (Å²) in [5, 5.41) is 17.6. The van der Waals surface area contributed by atoms with E-state index in [0.29, 0.717) is 50.3 Å². The molecule has 3 saturated heterocycles. The average Bonchev–Trinajstić information content (AvgIpc) is 3.94. The number of methoxy groups -OCH3 is 1. The lowest BCUT2D eigenvalue weighted by Gasteiger charge is -2.49. The third-order valence-electron chi connectivity index (χ3n) is 14.4. The first-order valence-corrected chi connectivity index (χ1v) is 23.7. The van der Waals surface area contributed by atoms with Crippen LogP contribution in [-0.2, 0) is 32.8 Å². The molecule has 15 heteroatoms. The number of hydrogen-bond acceptors (Lipinski definition) is 9. The lowest BCUT2D eigenvalue weighted by atomic mass is 9.51. The summed E-state index contributed by atoms with van der Waals surface area (Å²) in [7, 11) is 3.19. The number of halogens is 3. The summed E-state index contributed by atoms with van der Waals surface area (Å²) < 4.78 is 9.11. The fourth-order valence-electron chi connectivity index (χ4n) is 11.3. The first-order valence-electron chi connectivity index (χ1n) is 20.9. The van der Waals surface area contributed by atoms with Crippen molar-refractivity contribution in [2.45, 2.75) is 58.0 Å². The van der Waals surface area contributed by atoms with Gasteiger partial charge in [0.2, 0.25) is 23.6 Å². The van der Waals surface area contributed by atoms with Gasteiger partial charge >= 0.3 is 0 Å². The zero-order valence-corrected chi connectivity index (χ0v) is 39.3. The number of fused-ring (bicyclic) bond motifs is 5. The van der Waals surface area contributed by atoms with E-state index < -0.39 is 35.0 Å². The number of nitrogens with zero attached hydrogens (tertiary/aromatic N) is 5. The number of piperidine rings is 1. The van der Waals surface area contributed by atoms with Gasteiger partial charge in [-0.2, -0.15) is 5.10 Å². The Bertz CT molecular complexity index is 2760. The highest BCUT2D eigenvalue weighted by Gasteiger charge is 2.68. The summed E-state index contributed by atoms with van der Waals surface area (Å²) in [5.74, 6) is -3.99. The van der Waals surface area contributed by atoms with Crippen LogP contribution in [0.15, 0.2) is 81.3 Å². The Morgan fingerprint density at radius 3 is 2.44 bits per heavy atom. The third kappa shape index (κ3) is 6.21. The minimum Gasteiger partial charge on any atom is -0.503 e. The number of benzene rings is 3. The van der Waals surface area contributed by atoms with Crippen molar-refractivity contribution in [2.24, 2.45) is 36.1 Å². The van der Waals surface area contributed by atoms with Crippen LogP contribution in [0.1, 0.15) is 55.2 Å². The number of anilines is 1. The lowest BCUT2D eigenvalue weighted by molar-refractivity contribution is -0.144. The van der Waals surface area contributed by atoms with Gasteiger partial charge in [0.05, 0.1) is 39.6 Å². The minimum absolute atomic E-state index is 0.117. The number of amides is 4. The summed E-state index contributed by atoms with van der Waals surface area (Å²) in [6.07, 6.45) is 3.99. The zero-order valence-electron chi connectivity index (χ0n) is 34.5. The molecule has 62 heavy (non-hydrogen) atoms. The van der Waals surface area contributed by atoms with Crippen molar-refractivity contribution in [3.8, 4) is 22.1 Å². The third-order valence-corrected chi connectivity index (χ3v) is 18.1. The van der Waals surface area contributed by atoms with Gasteiger partial charge in [0.15, 0.2) is 11.5 Å². The number of ether oxygens (including phenoxy) is 1. The maximum atomic E-state index is 15.4. The van der Waals surface area contributed by atoms with E-state index in [2.05, 4.69) is 48.9 Å². The summed E-state index contributed by atoms with van der Waals surface area (Å²) in [5.41, 5.74) is 3.00. The molecule has 5 aliphatic rings. The maximum absolute atomic E-state index is 15.4. The van der Waals surface area contributed by atoms with Gasteiger partial charge in [0, 0.05) is 58.9 Å². The van der Waals surface area contributed by atoms with E-state index in [0.717, 1.165) is 45.7 Å². The minimum atomic E-state index is -1.33. The molecule has 0 spiro atoms. The van der Waals surface area contributed by atoms with Crippen LogP contribution < -0.4 is 9.64 Å². The number of phenols is 1. The molecular weight excluding hydrogens is 958 g/mol. The lowest BCUT2D eigenvalue weighted by Crippen LogP contribution is -2.49. The average molecular weight is 1000 g/mol. The Labute approximate surface area is 384 Å². The second kappa shape index (κ2) is 15.4. The van der Waals surface area contributed by atoms with Crippen molar-refractivity contribution in [3.05, 3.63) is 103 Å². The van der Waals surface area contributed by atoms with Crippen molar-refractivity contribution >= 4 is 94.3 Å². The molecule has 3 aromatic carbocycles. The van der Waals surface area contributed by atoms with Gasteiger partial charge in [-0.3, -0.25) is 33.7 Å². The molecule has 6 atom stereocenters. The van der Waals surface area contributed by atoms with Crippen molar-refractivity contribution in [3.63, 3.8) is 0 Å². The quantitative estimate of drug-likeness (QED) is 0.126. The number of carbonyl (C=O) groups excluding carboxylic acids is 4. The van der Waals surface area contributed by atoms with Crippen LogP contribution in [0.4, 0.5) is 5.82 Å². The molecule has 2 aromatic heterocycles. The molecule has 1 saturated carbocycles. The van der Waals surface area contributed by atoms with Gasteiger partial charge < -0.3 is 9.84 Å². The van der Waals surface area contributed by atoms with Crippen LogP contribution in [0.2, 0.25) is 5.02 Å². The predicted octanol–water partition coefficient (Wildman–Crippen LogP) is 9.40. The summed E-state index contributed by atoms with van der Waals surface area (Å²) in [4.78, 5) is 66.0. The van der Waals surface area contributed by atoms with Crippen LogP contribution in [0.5, 0.6) is 11.5 Å². The number of carbonyl (C=O) groups is 4. The fourth-order valence-corrected chi connectivity index (χ4v) is 13.6. The topological polar surface area (TPSA) is 125 Å². The number of phenolic OH excluding ortho intramolecular Hbond substituents is 1. The van der Waals surface area contributed by atoms with Gasteiger partial charge in [-0.15, -0.1) is 11.3 Å². The number of imide groups is 2. The van der Waals surface area contributed by atoms with E-state index in [9.17, 15) is 14.7 Å². The largest absolute Gasteiger partial charge is 0.503 e. The molecule has 1 N–H and O–H groups in total. The Hall–Kier alpha value is -4.34. The van der Waals surface area contributed by atoms with E-state index in [4.69, 9.17) is 21.4 Å². The smallest absolute Gasteiger partial charge is 0.242 e. The molecule has 3 aliphatic heterocycles. The van der Waals surface area contributed by atoms with Crippen LogP contribution in [-0.4, -0.2) is 74.6 Å². The summed E-state index contributed by atoms with van der Waals surface area (Å²) in [6, 6.07) is 19.4. The number of allylic oxidation sites excluding steroid dienone is 2. The molecular formula is C47H44Br2ClN5O6S. The first kappa shape index (κ1) is 41.7. The number of thiophene rings is 1. The van der Waals surface area contributed by atoms with Crippen molar-refractivity contribution in [2.75, 3.05) is 25.1 Å². The molecule has 320 valence electrons. The zero-order chi connectivity index (χ0) is 43.5. The van der Waals surface area contributed by atoms with Gasteiger partial charge in [-0.25, -0.2) is 4.90 Å². The van der Waals surface area contributed by atoms with E-state index in [1.54, 1.807) is 40.1 Å². The standard InChI is InChI=1S/C47H44Br2ClN5O6S/c1-23-29-18-25(50)10-13-35(29)62-42(23)33-21-36(52(3)51-33)55-44(58)32-19-30-27(38(47(32,2)46(55)60)31-20-34(61-4)41(56)40(49)39(31)48)11-12-28-37(30)45(59)54(43(28)57)26-14-16-53(17-15-26)22-24-8-6-5-7-9-24/h5-11,13,18,20-21,26,28,30,32,37-38,56H,12,14-17,19,22H2,1-4H3. The second-order valence-electron chi connectivity index (χ2n) is 17.6. The Morgan fingerprint density at radius 1 is 0.968 bits per heavy atom. The molecule has 5 heterocycles. The highest BCUT2D eigenvalue weighted by molar-refractivity contribution is 9.13. The molecule has 6 unspecified atom stereocenters.